The van der Waals surface area contributed by atoms with Crippen LogP contribution in [0.2, 0.25) is 0 Å². The Morgan fingerprint density at radius 3 is 2.50 bits per heavy atom. The van der Waals surface area contributed by atoms with Crippen LogP contribution in [0.3, 0.4) is 0 Å². The molecule has 1 N–H and O–H groups in total. The molecule has 0 unspecified atom stereocenters. The SMILES string of the molecule is CCc1cc2c(cc1C1CCN(C(=O)OC(C)(C)C)CC1)C(C)(C)c1[nH]c3cc(Br)ccc3c1C2=O. The average Bonchev–Trinajstić information content (AvgIpc) is 3.21. The number of ketones is 1. The molecule has 0 saturated carbocycles. The maximum atomic E-state index is 13.9. The van der Waals surface area contributed by atoms with Crippen LogP contribution in [-0.4, -0.2) is 40.5 Å². The Balaban J connectivity index is 1.50. The summed E-state index contributed by atoms with van der Waals surface area (Å²) in [5, 5.41) is 0.980. The lowest BCUT2D eigenvalue weighted by Gasteiger charge is -2.36. The third kappa shape index (κ3) is 4.17. The molecule has 6 heteroatoms. The smallest absolute Gasteiger partial charge is 0.410 e. The van der Waals surface area contributed by atoms with E-state index in [1.807, 2.05) is 43.9 Å². The van der Waals surface area contributed by atoms with Crippen molar-refractivity contribution in [2.45, 2.75) is 77.7 Å². The lowest BCUT2D eigenvalue weighted by molar-refractivity contribution is 0.0204. The third-order valence-corrected chi connectivity index (χ3v) is 8.27. The van der Waals surface area contributed by atoms with E-state index in [1.165, 1.54) is 11.1 Å². The van der Waals surface area contributed by atoms with E-state index in [4.69, 9.17) is 4.74 Å². The van der Waals surface area contributed by atoms with E-state index in [0.29, 0.717) is 19.0 Å². The van der Waals surface area contributed by atoms with Crippen LogP contribution in [0.5, 0.6) is 0 Å². The number of hydrogen-bond acceptors (Lipinski definition) is 3. The van der Waals surface area contributed by atoms with E-state index in [9.17, 15) is 9.59 Å². The van der Waals surface area contributed by atoms with Gasteiger partial charge < -0.3 is 14.6 Å². The van der Waals surface area contributed by atoms with Crippen LogP contribution in [0.15, 0.2) is 34.8 Å². The number of benzene rings is 2. The number of nitrogens with zero attached hydrogens (tertiary/aromatic N) is 1. The van der Waals surface area contributed by atoms with Gasteiger partial charge in [0.25, 0.3) is 0 Å². The number of ether oxygens (including phenoxy) is 1. The van der Waals surface area contributed by atoms with E-state index < -0.39 is 5.60 Å². The zero-order valence-corrected chi connectivity index (χ0v) is 23.6. The fourth-order valence-electron chi connectivity index (χ4n) is 5.90. The number of likely N-dealkylation sites (tertiary alicyclic amines) is 1. The van der Waals surface area contributed by atoms with Gasteiger partial charge in [0.15, 0.2) is 5.78 Å². The minimum absolute atomic E-state index is 0.105. The van der Waals surface area contributed by atoms with Gasteiger partial charge in [-0.25, -0.2) is 4.79 Å². The monoisotopic (exact) mass is 550 g/mol. The minimum atomic E-state index is -0.489. The highest BCUT2D eigenvalue weighted by atomic mass is 79.9. The molecule has 1 aliphatic heterocycles. The highest BCUT2D eigenvalue weighted by Crippen LogP contribution is 2.46. The molecule has 3 aromatic rings. The first kappa shape index (κ1) is 25.1. The van der Waals surface area contributed by atoms with Crippen molar-refractivity contribution in [2.75, 3.05) is 13.1 Å². The average molecular weight is 552 g/mol. The summed E-state index contributed by atoms with van der Waals surface area (Å²) in [4.78, 5) is 31.8. The molecule has 36 heavy (non-hydrogen) atoms. The molecular weight excluding hydrogens is 516 g/mol. The summed E-state index contributed by atoms with van der Waals surface area (Å²) in [5.74, 6) is 0.462. The Morgan fingerprint density at radius 1 is 1.17 bits per heavy atom. The Labute approximate surface area is 221 Å². The van der Waals surface area contributed by atoms with Crippen molar-refractivity contribution in [1.29, 1.82) is 0 Å². The summed E-state index contributed by atoms with van der Waals surface area (Å²) >= 11 is 3.56. The first-order chi connectivity index (χ1) is 16.9. The summed E-state index contributed by atoms with van der Waals surface area (Å²) in [5.41, 5.74) is 6.42. The highest BCUT2D eigenvalue weighted by Gasteiger charge is 2.41. The van der Waals surface area contributed by atoms with Gasteiger partial charge in [-0.1, -0.05) is 48.8 Å². The van der Waals surface area contributed by atoms with Gasteiger partial charge >= 0.3 is 6.09 Å². The number of H-pyrrole nitrogens is 1. The van der Waals surface area contributed by atoms with E-state index >= 15 is 0 Å². The molecule has 0 bridgehead atoms. The number of aryl methyl sites for hydroxylation is 1. The van der Waals surface area contributed by atoms with Crippen molar-refractivity contribution in [2.24, 2.45) is 0 Å². The molecule has 1 saturated heterocycles. The molecule has 5 rings (SSSR count). The first-order valence-electron chi connectivity index (χ1n) is 12.9. The molecule has 0 spiro atoms. The van der Waals surface area contributed by atoms with Crippen LogP contribution in [0, 0.1) is 0 Å². The largest absolute Gasteiger partial charge is 0.444 e. The molecule has 2 heterocycles. The maximum Gasteiger partial charge on any atom is 0.410 e. The summed E-state index contributed by atoms with van der Waals surface area (Å²) in [6.45, 7) is 13.7. The van der Waals surface area contributed by atoms with Gasteiger partial charge in [-0.15, -0.1) is 0 Å². The number of carbonyl (C=O) groups excluding carboxylic acids is 2. The molecule has 0 atom stereocenters. The topological polar surface area (TPSA) is 62.4 Å². The molecular formula is C30H35BrN2O3. The Bertz CT molecular complexity index is 1370. The van der Waals surface area contributed by atoms with E-state index in [0.717, 1.165) is 57.0 Å². The molecule has 1 aromatic heterocycles. The van der Waals surface area contributed by atoms with Crippen LogP contribution < -0.4 is 0 Å². The van der Waals surface area contributed by atoms with E-state index in [1.54, 1.807) is 0 Å². The normalized spacial score (nSPS) is 17.8. The number of hydrogen-bond donors (Lipinski definition) is 1. The highest BCUT2D eigenvalue weighted by molar-refractivity contribution is 9.10. The van der Waals surface area contributed by atoms with Gasteiger partial charge in [0, 0.05) is 45.1 Å². The molecule has 1 fully saturated rings. The number of nitrogens with one attached hydrogen (secondary N) is 1. The molecule has 190 valence electrons. The first-order valence-corrected chi connectivity index (χ1v) is 13.7. The second kappa shape index (κ2) is 8.76. The van der Waals surface area contributed by atoms with Gasteiger partial charge in [0.2, 0.25) is 0 Å². The molecule has 5 nitrogen and oxygen atoms in total. The van der Waals surface area contributed by atoms with E-state index in [-0.39, 0.29) is 17.3 Å². The lowest BCUT2D eigenvalue weighted by atomic mass is 9.69. The van der Waals surface area contributed by atoms with E-state index in [2.05, 4.69) is 53.8 Å². The van der Waals surface area contributed by atoms with Crippen molar-refractivity contribution < 1.29 is 14.3 Å². The number of amides is 1. The Hall–Kier alpha value is -2.60. The fourth-order valence-corrected chi connectivity index (χ4v) is 6.26. The Kier molecular flexibility index (Phi) is 6.10. The standard InChI is InChI=1S/C30H35BrN2O3/c1-7-17-14-22-23(16-21(17)18-10-12-33(13-11-18)28(35)36-29(2,3)4)30(5,6)27-25(26(22)34)20-9-8-19(31)15-24(20)32-27/h8-9,14-16,18,32H,7,10-13H2,1-6H3. The van der Waals surface area contributed by atoms with Gasteiger partial charge in [-0.3, -0.25) is 4.79 Å². The van der Waals surface area contributed by atoms with Crippen LogP contribution in [0.4, 0.5) is 4.79 Å². The number of fused-ring (bicyclic) bond motifs is 4. The van der Waals surface area contributed by atoms with Crippen molar-refractivity contribution in [3.8, 4) is 0 Å². The van der Waals surface area contributed by atoms with Crippen LogP contribution in [0.25, 0.3) is 10.9 Å². The van der Waals surface area contributed by atoms with Crippen molar-refractivity contribution >= 4 is 38.7 Å². The van der Waals surface area contributed by atoms with Crippen LogP contribution >= 0.6 is 15.9 Å². The minimum Gasteiger partial charge on any atom is -0.444 e. The molecule has 1 amide bonds. The molecule has 0 radical (unpaired) electrons. The van der Waals surface area contributed by atoms with Crippen molar-refractivity contribution in [3.63, 3.8) is 0 Å². The molecule has 1 aliphatic carbocycles. The maximum absolute atomic E-state index is 13.9. The van der Waals surface area contributed by atoms with Gasteiger partial charge in [-0.05, 0) is 80.8 Å². The lowest BCUT2D eigenvalue weighted by Crippen LogP contribution is -2.41. The van der Waals surface area contributed by atoms with Crippen molar-refractivity contribution in [3.05, 3.63) is 68.3 Å². The summed E-state index contributed by atoms with van der Waals surface area (Å²) in [6, 6.07) is 10.5. The summed E-state index contributed by atoms with van der Waals surface area (Å²) in [6.07, 6.45) is 2.43. The number of aromatic amines is 1. The number of halogens is 1. The van der Waals surface area contributed by atoms with Crippen molar-refractivity contribution in [1.82, 2.24) is 9.88 Å². The zero-order chi connectivity index (χ0) is 26.0. The molecule has 2 aromatic carbocycles. The summed E-state index contributed by atoms with van der Waals surface area (Å²) in [7, 11) is 0. The number of rotatable bonds is 2. The quantitative estimate of drug-likeness (QED) is 0.359. The van der Waals surface area contributed by atoms with Crippen LogP contribution in [0.1, 0.15) is 98.6 Å². The van der Waals surface area contributed by atoms with Gasteiger partial charge in [0.05, 0.1) is 5.56 Å². The third-order valence-electron chi connectivity index (χ3n) is 7.78. The van der Waals surface area contributed by atoms with Crippen LogP contribution in [-0.2, 0) is 16.6 Å². The number of aromatic nitrogens is 1. The zero-order valence-electron chi connectivity index (χ0n) is 22.0. The summed E-state index contributed by atoms with van der Waals surface area (Å²) < 4.78 is 6.58. The predicted molar refractivity (Wildman–Crippen MR) is 147 cm³/mol. The predicted octanol–water partition coefficient (Wildman–Crippen LogP) is 7.48. The van der Waals surface area contributed by atoms with Gasteiger partial charge in [0.1, 0.15) is 5.60 Å². The number of carbonyl (C=O) groups is 2. The fraction of sp³-hybridized carbons (Fsp3) is 0.467. The number of piperidine rings is 1. The van der Waals surface area contributed by atoms with Gasteiger partial charge in [-0.2, -0.15) is 0 Å². The second-order valence-electron chi connectivity index (χ2n) is 11.7. The molecule has 2 aliphatic rings. The Morgan fingerprint density at radius 2 is 1.86 bits per heavy atom. The second-order valence-corrected chi connectivity index (χ2v) is 12.6.